The fourth-order valence-corrected chi connectivity index (χ4v) is 10.8. The van der Waals surface area contributed by atoms with Crippen LogP contribution in [0.15, 0.2) is 251 Å². The van der Waals surface area contributed by atoms with Crippen LogP contribution in [0.4, 0.5) is 34.1 Å². The minimum absolute atomic E-state index is 0.853. The monoisotopic (exact) mass is 868 g/mol. The fraction of sp³-hybridized carbons (Fsp3) is 0. The average Bonchev–Trinajstić information content (AvgIpc) is 3.99. The zero-order valence-corrected chi connectivity index (χ0v) is 36.8. The summed E-state index contributed by atoms with van der Waals surface area (Å²) in [5.74, 6) is 0. The normalized spacial score (nSPS) is 11.8. The number of fused-ring (bicyclic) bond motifs is 6. The number of rotatable bonds is 8. The lowest BCUT2D eigenvalue weighted by Gasteiger charge is -2.29. The Kier molecular flexibility index (Phi) is 8.55. The van der Waals surface area contributed by atoms with Gasteiger partial charge in [-0.2, -0.15) is 0 Å². The van der Waals surface area contributed by atoms with E-state index in [1.165, 1.54) is 32.3 Å². The standard InChI is InChI=1S/C64H40N2O2/c1-3-17-41(18-4-1)49-21-7-11-27-55(49)65(57-29-15-25-53-51-23-9-13-31-59(51)67-63(53)57)47-37-43-33-35-45-39-48(40-46-36-34-44(38-47)61(43)62(45)46)66(56-28-12-8-22-50(56)42-19-5-2-6-20-42)58-30-16-26-54-52-24-10-14-32-60(52)68-64(54)58/h1-40H. The molecule has 4 heteroatoms. The first-order chi connectivity index (χ1) is 33.7. The second kappa shape index (κ2) is 15.2. The summed E-state index contributed by atoms with van der Waals surface area (Å²) in [4.78, 5) is 4.78. The third-order valence-electron chi connectivity index (χ3n) is 13.7. The molecule has 0 aliphatic heterocycles. The molecule has 0 fully saturated rings. The molecule has 0 aliphatic rings. The summed E-state index contributed by atoms with van der Waals surface area (Å²) in [7, 11) is 0. The van der Waals surface area contributed by atoms with E-state index >= 15 is 0 Å². The van der Waals surface area contributed by atoms with Crippen LogP contribution in [-0.4, -0.2) is 0 Å². The van der Waals surface area contributed by atoms with Crippen molar-refractivity contribution in [2.45, 2.75) is 0 Å². The molecule has 0 unspecified atom stereocenters. The Morgan fingerprint density at radius 1 is 0.265 bits per heavy atom. The van der Waals surface area contributed by atoms with E-state index in [2.05, 4.69) is 240 Å². The summed E-state index contributed by atoms with van der Waals surface area (Å²) >= 11 is 0. The Morgan fingerprint density at radius 3 is 1.03 bits per heavy atom. The van der Waals surface area contributed by atoms with Crippen molar-refractivity contribution in [1.29, 1.82) is 0 Å². The van der Waals surface area contributed by atoms with E-state index in [0.29, 0.717) is 0 Å². The Hall–Kier alpha value is -9.12. The Morgan fingerprint density at radius 2 is 0.603 bits per heavy atom. The lowest BCUT2D eigenvalue weighted by atomic mass is 9.92. The fourth-order valence-electron chi connectivity index (χ4n) is 10.8. The predicted molar refractivity (Wildman–Crippen MR) is 285 cm³/mol. The minimum Gasteiger partial charge on any atom is -0.454 e. The molecule has 0 saturated carbocycles. The number of benzene rings is 12. The maximum absolute atomic E-state index is 6.76. The number of anilines is 6. The summed E-state index contributed by atoms with van der Waals surface area (Å²) in [5.41, 5.74) is 14.2. The van der Waals surface area contributed by atoms with Gasteiger partial charge in [0.1, 0.15) is 11.2 Å². The molecule has 0 amide bonds. The van der Waals surface area contributed by atoms with Gasteiger partial charge in [-0.25, -0.2) is 0 Å². The molecule has 0 saturated heterocycles. The number of nitrogens with zero attached hydrogens (tertiary/aromatic N) is 2. The second-order valence-corrected chi connectivity index (χ2v) is 17.6. The van der Waals surface area contributed by atoms with Crippen LogP contribution in [0.5, 0.6) is 0 Å². The maximum atomic E-state index is 6.76. The summed E-state index contributed by atoms with van der Waals surface area (Å²) in [6.07, 6.45) is 0. The molecular formula is C64H40N2O2. The molecule has 14 rings (SSSR count). The van der Waals surface area contributed by atoms with E-state index in [4.69, 9.17) is 8.83 Å². The van der Waals surface area contributed by atoms with Crippen molar-refractivity contribution in [3.8, 4) is 22.3 Å². The highest BCUT2D eigenvalue weighted by atomic mass is 16.3. The van der Waals surface area contributed by atoms with E-state index in [1.807, 2.05) is 12.1 Å². The van der Waals surface area contributed by atoms with Gasteiger partial charge in [-0.15, -0.1) is 0 Å². The Labute approximate surface area is 392 Å². The largest absolute Gasteiger partial charge is 0.454 e. The molecule has 0 spiro atoms. The van der Waals surface area contributed by atoms with E-state index in [9.17, 15) is 0 Å². The minimum atomic E-state index is 0.853. The number of furan rings is 2. The van der Waals surface area contributed by atoms with E-state index in [0.717, 1.165) is 100 Å². The van der Waals surface area contributed by atoms with Gasteiger partial charge < -0.3 is 18.6 Å². The zero-order valence-electron chi connectivity index (χ0n) is 36.8. The van der Waals surface area contributed by atoms with Gasteiger partial charge in [0.2, 0.25) is 0 Å². The van der Waals surface area contributed by atoms with Gasteiger partial charge in [0.05, 0.1) is 22.7 Å². The van der Waals surface area contributed by atoms with Crippen LogP contribution in [0.1, 0.15) is 0 Å². The maximum Gasteiger partial charge on any atom is 0.159 e. The van der Waals surface area contributed by atoms with Crippen molar-refractivity contribution in [2.75, 3.05) is 9.80 Å². The molecule has 4 nitrogen and oxygen atoms in total. The van der Waals surface area contributed by atoms with Crippen molar-refractivity contribution in [1.82, 2.24) is 0 Å². The molecule has 0 aliphatic carbocycles. The smallest absolute Gasteiger partial charge is 0.159 e. The van der Waals surface area contributed by atoms with Gasteiger partial charge in [-0.3, -0.25) is 0 Å². The molecule has 68 heavy (non-hydrogen) atoms. The molecule has 0 radical (unpaired) electrons. The number of hydrogen-bond donors (Lipinski definition) is 0. The third kappa shape index (κ3) is 5.94. The lowest BCUT2D eigenvalue weighted by molar-refractivity contribution is 0.668. The molecule has 2 aromatic heterocycles. The van der Waals surface area contributed by atoms with Crippen LogP contribution in [0.2, 0.25) is 0 Å². The van der Waals surface area contributed by atoms with Gasteiger partial charge in [0.15, 0.2) is 11.2 Å². The molecule has 2 heterocycles. The summed E-state index contributed by atoms with van der Waals surface area (Å²) in [6.45, 7) is 0. The van der Waals surface area contributed by atoms with Gasteiger partial charge in [0.25, 0.3) is 0 Å². The van der Waals surface area contributed by atoms with Gasteiger partial charge in [-0.05, 0) is 104 Å². The van der Waals surface area contributed by atoms with E-state index in [-0.39, 0.29) is 0 Å². The van der Waals surface area contributed by atoms with Crippen molar-refractivity contribution in [3.63, 3.8) is 0 Å². The summed E-state index contributed by atoms with van der Waals surface area (Å²) < 4.78 is 13.5. The van der Waals surface area contributed by atoms with E-state index in [1.54, 1.807) is 0 Å². The van der Waals surface area contributed by atoms with Crippen LogP contribution in [0.3, 0.4) is 0 Å². The molecule has 0 bridgehead atoms. The van der Waals surface area contributed by atoms with Crippen molar-refractivity contribution in [3.05, 3.63) is 243 Å². The van der Waals surface area contributed by atoms with Crippen LogP contribution in [0.25, 0.3) is 98.4 Å². The quantitative estimate of drug-likeness (QED) is 0.142. The summed E-state index contributed by atoms with van der Waals surface area (Å²) in [6, 6.07) is 86.9. The molecule has 318 valence electrons. The van der Waals surface area contributed by atoms with Crippen LogP contribution in [-0.2, 0) is 0 Å². The lowest BCUT2D eigenvalue weighted by Crippen LogP contribution is -2.12. The second-order valence-electron chi connectivity index (χ2n) is 17.6. The van der Waals surface area contributed by atoms with Crippen molar-refractivity contribution < 1.29 is 8.83 Å². The highest BCUT2D eigenvalue weighted by molar-refractivity contribution is 6.25. The highest BCUT2D eigenvalue weighted by Gasteiger charge is 2.26. The van der Waals surface area contributed by atoms with Gasteiger partial charge in [0, 0.05) is 44.0 Å². The third-order valence-corrected chi connectivity index (χ3v) is 13.7. The Bertz CT molecular complexity index is 3890. The molecule has 0 atom stereocenters. The van der Waals surface area contributed by atoms with E-state index < -0.39 is 0 Å². The SMILES string of the molecule is c1ccc(-c2ccccc2N(c2cc3ccc4cc(N(c5ccccc5-c5ccccc5)c5cccc6c5oc5ccccc56)cc5ccc(c2)c3c45)c2cccc3c2oc2ccccc23)cc1. The zero-order chi connectivity index (χ0) is 44.7. The van der Waals surface area contributed by atoms with Crippen molar-refractivity contribution >= 4 is 110 Å². The first-order valence-corrected chi connectivity index (χ1v) is 23.2. The number of hydrogen-bond acceptors (Lipinski definition) is 4. The first kappa shape index (κ1) is 38.2. The molecule has 0 N–H and O–H groups in total. The molecule has 14 aromatic rings. The Balaban J connectivity index is 0.986. The number of para-hydroxylation sites is 6. The van der Waals surface area contributed by atoms with Gasteiger partial charge >= 0.3 is 0 Å². The predicted octanol–water partition coefficient (Wildman–Crippen LogP) is 18.7. The van der Waals surface area contributed by atoms with Crippen molar-refractivity contribution in [2.24, 2.45) is 0 Å². The highest BCUT2D eigenvalue weighted by Crippen LogP contribution is 2.50. The average molecular weight is 869 g/mol. The van der Waals surface area contributed by atoms with Gasteiger partial charge in [-0.1, -0.05) is 182 Å². The summed E-state index contributed by atoms with van der Waals surface area (Å²) in [5, 5.41) is 11.5. The molecule has 12 aromatic carbocycles. The topological polar surface area (TPSA) is 32.8 Å². The van der Waals surface area contributed by atoms with Crippen LogP contribution < -0.4 is 9.80 Å². The van der Waals surface area contributed by atoms with Crippen LogP contribution >= 0.6 is 0 Å². The first-order valence-electron chi connectivity index (χ1n) is 23.2. The molecular weight excluding hydrogens is 829 g/mol. The van der Waals surface area contributed by atoms with Crippen LogP contribution in [0, 0.1) is 0 Å².